The Morgan fingerprint density at radius 3 is 2.60 bits per heavy atom. The zero-order valence-electron chi connectivity index (χ0n) is 5.76. The van der Waals surface area contributed by atoms with Crippen molar-refractivity contribution >= 4 is 11.4 Å². The smallest absolute Gasteiger partial charge is 0.189 e. The Morgan fingerprint density at radius 2 is 2.10 bits per heavy atom. The summed E-state index contributed by atoms with van der Waals surface area (Å²) in [5, 5.41) is 0. The van der Waals surface area contributed by atoms with E-state index in [2.05, 4.69) is 4.85 Å². The lowest BCUT2D eigenvalue weighted by atomic mass is 10.2. The average Bonchev–Trinajstić information content (AvgIpc) is 1.85. The third kappa shape index (κ3) is 1.26. The van der Waals surface area contributed by atoms with Crippen LogP contribution in [0.4, 0.5) is 11.4 Å². The van der Waals surface area contributed by atoms with Crippen molar-refractivity contribution in [1.29, 1.82) is 0 Å². The maximum atomic E-state index is 6.71. The van der Waals surface area contributed by atoms with E-state index in [0.717, 1.165) is 5.56 Å². The minimum absolute atomic E-state index is 0.609. The van der Waals surface area contributed by atoms with Gasteiger partial charge in [0.2, 0.25) is 0 Å². The molecule has 1 aromatic carbocycles. The van der Waals surface area contributed by atoms with Gasteiger partial charge in [0, 0.05) is 5.69 Å². The van der Waals surface area contributed by atoms with Gasteiger partial charge in [-0.05, 0) is 19.1 Å². The molecule has 10 heavy (non-hydrogen) atoms. The molecule has 0 saturated carbocycles. The first kappa shape index (κ1) is 6.63. The molecule has 0 aliphatic heterocycles. The first-order chi connectivity index (χ1) is 4.72. The second-order valence-corrected chi connectivity index (χ2v) is 2.21. The molecule has 0 bridgehead atoms. The van der Waals surface area contributed by atoms with Gasteiger partial charge in [-0.25, -0.2) is 4.85 Å². The summed E-state index contributed by atoms with van der Waals surface area (Å²) in [5.41, 5.74) is 7.79. The van der Waals surface area contributed by atoms with Crippen LogP contribution in [0.5, 0.6) is 0 Å². The van der Waals surface area contributed by atoms with E-state index >= 15 is 0 Å². The van der Waals surface area contributed by atoms with Gasteiger partial charge < -0.3 is 5.73 Å². The predicted octanol–water partition coefficient (Wildman–Crippen LogP) is 2.13. The Balaban J connectivity index is 3.22. The van der Waals surface area contributed by atoms with Gasteiger partial charge in [-0.1, -0.05) is 11.6 Å². The lowest BCUT2D eigenvalue weighted by Gasteiger charge is -1.95. The summed E-state index contributed by atoms with van der Waals surface area (Å²) in [5.74, 6) is 0. The molecule has 0 spiro atoms. The highest BCUT2D eigenvalue weighted by molar-refractivity contribution is 5.57. The average molecular weight is 132 g/mol. The number of anilines is 1. The molecule has 0 atom stereocenters. The zero-order chi connectivity index (χ0) is 7.56. The summed E-state index contributed by atoms with van der Waals surface area (Å²) < 4.78 is 0. The van der Waals surface area contributed by atoms with E-state index in [9.17, 15) is 0 Å². The van der Waals surface area contributed by atoms with Crippen molar-refractivity contribution in [2.75, 3.05) is 5.73 Å². The van der Waals surface area contributed by atoms with Crippen molar-refractivity contribution in [3.8, 4) is 0 Å². The van der Waals surface area contributed by atoms with Crippen LogP contribution < -0.4 is 5.73 Å². The fraction of sp³-hybridized carbons (Fsp3) is 0.125. The highest BCUT2D eigenvalue weighted by atomic mass is 14.7. The Hall–Kier alpha value is -1.49. The van der Waals surface area contributed by atoms with Gasteiger partial charge in [-0.15, -0.1) is 0 Å². The zero-order valence-corrected chi connectivity index (χ0v) is 5.76. The first-order valence-electron chi connectivity index (χ1n) is 2.97. The van der Waals surface area contributed by atoms with Crippen LogP contribution in [0.2, 0.25) is 0 Å². The van der Waals surface area contributed by atoms with E-state index in [0.29, 0.717) is 11.4 Å². The second kappa shape index (κ2) is 2.40. The molecule has 0 amide bonds. The van der Waals surface area contributed by atoms with Crippen molar-refractivity contribution in [2.24, 2.45) is 0 Å². The summed E-state index contributed by atoms with van der Waals surface area (Å²) in [6.07, 6.45) is 0. The van der Waals surface area contributed by atoms with E-state index in [1.165, 1.54) is 0 Å². The highest BCUT2D eigenvalue weighted by Gasteiger charge is 1.92. The predicted molar refractivity (Wildman–Crippen MR) is 41.9 cm³/mol. The van der Waals surface area contributed by atoms with E-state index in [-0.39, 0.29) is 0 Å². The molecule has 0 fully saturated rings. The maximum Gasteiger partial charge on any atom is 0.189 e. The molecule has 0 aromatic heterocycles. The molecule has 0 aliphatic rings. The van der Waals surface area contributed by atoms with Crippen LogP contribution in [0.1, 0.15) is 5.56 Å². The van der Waals surface area contributed by atoms with E-state index in [1.807, 2.05) is 19.1 Å². The van der Waals surface area contributed by atoms with Crippen molar-refractivity contribution < 1.29 is 0 Å². The van der Waals surface area contributed by atoms with Crippen molar-refractivity contribution in [2.45, 2.75) is 6.92 Å². The number of nitrogens with two attached hydrogens (primary N) is 1. The van der Waals surface area contributed by atoms with E-state index in [4.69, 9.17) is 12.3 Å². The second-order valence-electron chi connectivity index (χ2n) is 2.21. The van der Waals surface area contributed by atoms with Crippen LogP contribution in [0.15, 0.2) is 18.2 Å². The maximum absolute atomic E-state index is 6.71. The lowest BCUT2D eigenvalue weighted by molar-refractivity contribution is 1.48. The quantitative estimate of drug-likeness (QED) is 0.425. The Labute approximate surface area is 60.1 Å². The fourth-order valence-electron chi connectivity index (χ4n) is 0.856. The van der Waals surface area contributed by atoms with Gasteiger partial charge in [0.15, 0.2) is 5.69 Å². The molecule has 2 N–H and O–H groups in total. The molecule has 50 valence electrons. The number of benzene rings is 1. The third-order valence-corrected chi connectivity index (χ3v) is 1.21. The van der Waals surface area contributed by atoms with Gasteiger partial charge >= 0.3 is 0 Å². The van der Waals surface area contributed by atoms with Crippen LogP contribution in [0.25, 0.3) is 4.85 Å². The van der Waals surface area contributed by atoms with Crippen LogP contribution in [-0.4, -0.2) is 0 Å². The number of nitrogen functional groups attached to an aromatic ring is 1. The van der Waals surface area contributed by atoms with Crippen LogP contribution in [0, 0.1) is 13.5 Å². The Bertz CT molecular complexity index is 264. The highest BCUT2D eigenvalue weighted by Crippen LogP contribution is 2.17. The molecule has 2 heteroatoms. The molecule has 1 rings (SSSR count). The van der Waals surface area contributed by atoms with E-state index < -0.39 is 0 Å². The van der Waals surface area contributed by atoms with Gasteiger partial charge in [-0.3, -0.25) is 0 Å². The largest absolute Gasteiger partial charge is 0.400 e. The standard InChI is InChI=1S/C8H8N2/c1-6-3-7(9)5-8(4-6)10-2/h3-5H,9H2,1H3. The molecule has 0 aliphatic carbocycles. The van der Waals surface area contributed by atoms with Gasteiger partial charge in [0.25, 0.3) is 0 Å². The SMILES string of the molecule is [C-]#[N+]c1cc(C)cc(N)c1. The molecule has 0 radical (unpaired) electrons. The summed E-state index contributed by atoms with van der Waals surface area (Å²) in [7, 11) is 0. The Morgan fingerprint density at radius 1 is 1.40 bits per heavy atom. The number of aryl methyl sites for hydroxylation is 1. The topological polar surface area (TPSA) is 30.4 Å². The summed E-state index contributed by atoms with van der Waals surface area (Å²) in [6, 6.07) is 5.32. The third-order valence-electron chi connectivity index (χ3n) is 1.21. The number of nitrogens with zero attached hydrogens (tertiary/aromatic N) is 1. The van der Waals surface area contributed by atoms with Gasteiger partial charge in [0.1, 0.15) is 0 Å². The molecular weight excluding hydrogens is 124 g/mol. The van der Waals surface area contributed by atoms with Gasteiger partial charge in [0.05, 0.1) is 6.57 Å². The van der Waals surface area contributed by atoms with E-state index in [1.54, 1.807) is 6.07 Å². The number of hydrogen-bond donors (Lipinski definition) is 1. The lowest BCUT2D eigenvalue weighted by Crippen LogP contribution is -1.83. The van der Waals surface area contributed by atoms with Crippen molar-refractivity contribution in [3.63, 3.8) is 0 Å². The van der Waals surface area contributed by atoms with Gasteiger partial charge in [-0.2, -0.15) is 0 Å². The molecule has 2 nitrogen and oxygen atoms in total. The first-order valence-corrected chi connectivity index (χ1v) is 2.97. The fourth-order valence-corrected chi connectivity index (χ4v) is 0.856. The number of hydrogen-bond acceptors (Lipinski definition) is 1. The molecular formula is C8H8N2. The molecule has 1 aromatic rings. The summed E-state index contributed by atoms with van der Waals surface area (Å²) >= 11 is 0. The minimum atomic E-state index is 0.609. The van der Waals surface area contributed by atoms with Crippen LogP contribution in [0.3, 0.4) is 0 Å². The van der Waals surface area contributed by atoms with Crippen molar-refractivity contribution in [1.82, 2.24) is 0 Å². The summed E-state index contributed by atoms with van der Waals surface area (Å²) in [6.45, 7) is 8.63. The minimum Gasteiger partial charge on any atom is -0.400 e. The molecule has 0 saturated heterocycles. The van der Waals surface area contributed by atoms with Crippen LogP contribution >= 0.6 is 0 Å². The Kier molecular flexibility index (Phi) is 1.59. The monoisotopic (exact) mass is 132 g/mol. The molecule has 0 heterocycles. The normalized spacial score (nSPS) is 8.80. The van der Waals surface area contributed by atoms with Crippen LogP contribution in [-0.2, 0) is 0 Å². The van der Waals surface area contributed by atoms with Crippen molar-refractivity contribution in [3.05, 3.63) is 35.2 Å². The molecule has 0 unspecified atom stereocenters. The summed E-state index contributed by atoms with van der Waals surface area (Å²) in [4.78, 5) is 3.26. The number of rotatable bonds is 0.